The second-order valence-electron chi connectivity index (χ2n) is 3.25. The third-order valence-corrected chi connectivity index (χ3v) is 2.20. The molecule has 80 valence electrons. The number of hydrogen-bond acceptors (Lipinski definition) is 4. The van der Waals surface area contributed by atoms with Crippen molar-refractivity contribution in [2.75, 3.05) is 13.2 Å². The zero-order chi connectivity index (χ0) is 10.6. The molecule has 0 unspecified atom stereocenters. The maximum Gasteiger partial charge on any atom is 0.404 e. The zero-order valence-electron chi connectivity index (χ0n) is 7.73. The maximum absolute atomic E-state index is 11.1. The van der Waals surface area contributed by atoms with Gasteiger partial charge in [-0.15, -0.1) is 0 Å². The number of carbonyl (C=O) groups excluding carboxylic acids is 2. The Morgan fingerprint density at radius 1 is 1.79 bits per heavy atom. The molecular weight excluding hydrogens is 188 g/mol. The van der Waals surface area contributed by atoms with Gasteiger partial charge in [-0.25, -0.2) is 4.79 Å². The summed E-state index contributed by atoms with van der Waals surface area (Å²) in [7, 11) is 0. The number of carbonyl (C=O) groups is 2. The number of ether oxygens (including phenoxy) is 1. The van der Waals surface area contributed by atoms with Crippen LogP contribution >= 0.6 is 0 Å². The van der Waals surface area contributed by atoms with Gasteiger partial charge in [-0.05, 0) is 12.8 Å². The van der Waals surface area contributed by atoms with Gasteiger partial charge in [-0.2, -0.15) is 0 Å². The summed E-state index contributed by atoms with van der Waals surface area (Å²) in [5.41, 5.74) is 4.81. The molecule has 1 heterocycles. The highest BCUT2D eigenvalue weighted by atomic mass is 16.6. The molecule has 0 spiro atoms. The van der Waals surface area contributed by atoms with Crippen LogP contribution in [0.4, 0.5) is 4.79 Å². The van der Waals surface area contributed by atoms with Crippen LogP contribution in [0, 0.1) is 5.92 Å². The second kappa shape index (κ2) is 4.80. The van der Waals surface area contributed by atoms with Crippen molar-refractivity contribution in [2.45, 2.75) is 18.9 Å². The van der Waals surface area contributed by atoms with Gasteiger partial charge in [0.05, 0.1) is 6.61 Å². The summed E-state index contributed by atoms with van der Waals surface area (Å²) in [6.45, 7) is 0.324. The van der Waals surface area contributed by atoms with E-state index in [1.807, 2.05) is 0 Å². The Hall–Kier alpha value is -1.30. The molecule has 1 fully saturated rings. The molecule has 6 nitrogen and oxygen atoms in total. The molecule has 1 aliphatic heterocycles. The highest BCUT2D eigenvalue weighted by Crippen LogP contribution is 2.17. The fourth-order valence-electron chi connectivity index (χ4n) is 1.51. The van der Waals surface area contributed by atoms with Crippen molar-refractivity contribution in [3.63, 3.8) is 0 Å². The molecule has 6 heteroatoms. The second-order valence-corrected chi connectivity index (χ2v) is 3.25. The van der Waals surface area contributed by atoms with Crippen LogP contribution in [0.15, 0.2) is 0 Å². The van der Waals surface area contributed by atoms with Crippen LogP contribution in [0.25, 0.3) is 0 Å². The molecular formula is C8H14N2O4. The maximum atomic E-state index is 11.1. The van der Waals surface area contributed by atoms with Gasteiger partial charge in [0.1, 0.15) is 6.10 Å². The van der Waals surface area contributed by atoms with Crippen LogP contribution in [-0.2, 0) is 9.53 Å². The summed E-state index contributed by atoms with van der Waals surface area (Å²) in [5, 5.41) is 11.5. The molecule has 1 rings (SSSR count). The number of aliphatic hydroxyl groups excluding tert-OH is 1. The Bertz CT molecular complexity index is 231. The van der Waals surface area contributed by atoms with Crippen molar-refractivity contribution >= 4 is 12.0 Å². The van der Waals surface area contributed by atoms with Gasteiger partial charge in [0.25, 0.3) is 0 Å². The average Bonchev–Trinajstić information content (AvgIpc) is 2.50. The van der Waals surface area contributed by atoms with Crippen LogP contribution < -0.4 is 11.1 Å². The number of amides is 2. The van der Waals surface area contributed by atoms with Crippen molar-refractivity contribution in [3.8, 4) is 0 Å². The van der Waals surface area contributed by atoms with Crippen molar-refractivity contribution in [1.82, 2.24) is 5.32 Å². The Morgan fingerprint density at radius 2 is 2.50 bits per heavy atom. The Labute approximate surface area is 81.4 Å². The summed E-state index contributed by atoms with van der Waals surface area (Å²) in [6, 6.07) is 0. The minimum Gasteiger partial charge on any atom is -0.444 e. The first-order chi connectivity index (χ1) is 6.63. The minimum absolute atomic E-state index is 0.0588. The van der Waals surface area contributed by atoms with Gasteiger partial charge >= 0.3 is 6.09 Å². The quantitative estimate of drug-likeness (QED) is 0.542. The first-order valence-corrected chi connectivity index (χ1v) is 4.48. The number of hydrogen-bond donors (Lipinski definition) is 3. The van der Waals surface area contributed by atoms with E-state index in [0.29, 0.717) is 19.4 Å². The molecule has 0 aromatic carbocycles. The van der Waals surface area contributed by atoms with Crippen LogP contribution in [-0.4, -0.2) is 36.4 Å². The van der Waals surface area contributed by atoms with E-state index in [-0.39, 0.29) is 18.4 Å². The van der Waals surface area contributed by atoms with E-state index in [1.54, 1.807) is 0 Å². The Balaban J connectivity index is 2.39. The van der Waals surface area contributed by atoms with Crippen LogP contribution in [0.2, 0.25) is 0 Å². The van der Waals surface area contributed by atoms with E-state index >= 15 is 0 Å². The molecule has 1 saturated heterocycles. The molecule has 4 N–H and O–H groups in total. The van der Waals surface area contributed by atoms with Crippen LogP contribution in [0.3, 0.4) is 0 Å². The highest BCUT2D eigenvalue weighted by molar-refractivity contribution is 5.80. The lowest BCUT2D eigenvalue weighted by Crippen LogP contribution is -2.30. The van der Waals surface area contributed by atoms with E-state index < -0.39 is 12.2 Å². The normalized spacial score (nSPS) is 22.9. The van der Waals surface area contributed by atoms with E-state index in [0.717, 1.165) is 0 Å². The van der Waals surface area contributed by atoms with Gasteiger partial charge in [0.15, 0.2) is 0 Å². The van der Waals surface area contributed by atoms with E-state index in [9.17, 15) is 9.59 Å². The molecule has 0 bridgehead atoms. The first-order valence-electron chi connectivity index (χ1n) is 4.48. The third kappa shape index (κ3) is 2.88. The lowest BCUT2D eigenvalue weighted by atomic mass is 10.0. The number of nitrogens with two attached hydrogens (primary N) is 1. The number of primary amides is 1. The monoisotopic (exact) mass is 202 g/mol. The van der Waals surface area contributed by atoms with Gasteiger partial charge in [0.2, 0.25) is 5.91 Å². The molecule has 0 saturated carbocycles. The first kappa shape index (κ1) is 10.8. The van der Waals surface area contributed by atoms with Gasteiger partial charge in [-0.1, -0.05) is 0 Å². The van der Waals surface area contributed by atoms with Crippen molar-refractivity contribution in [3.05, 3.63) is 0 Å². The third-order valence-electron chi connectivity index (χ3n) is 2.20. The molecule has 2 atom stereocenters. The molecule has 14 heavy (non-hydrogen) atoms. The fourth-order valence-corrected chi connectivity index (χ4v) is 1.51. The number of aliphatic hydroxyl groups is 1. The number of nitrogens with one attached hydrogen (secondary N) is 1. The summed E-state index contributed by atoms with van der Waals surface area (Å²) in [6.07, 6.45) is -0.577. The van der Waals surface area contributed by atoms with Gasteiger partial charge in [0, 0.05) is 12.5 Å². The molecule has 0 aromatic rings. The van der Waals surface area contributed by atoms with E-state index in [2.05, 4.69) is 10.1 Å². The molecule has 0 radical (unpaired) electrons. The van der Waals surface area contributed by atoms with Crippen molar-refractivity contribution < 1.29 is 19.4 Å². The van der Waals surface area contributed by atoms with Crippen molar-refractivity contribution in [2.24, 2.45) is 11.7 Å². The van der Waals surface area contributed by atoms with Gasteiger partial charge < -0.3 is 20.9 Å². The summed E-state index contributed by atoms with van der Waals surface area (Å²) in [4.78, 5) is 21.6. The Morgan fingerprint density at radius 3 is 2.93 bits per heavy atom. The topological polar surface area (TPSA) is 102 Å². The zero-order valence-corrected chi connectivity index (χ0v) is 7.73. The Kier molecular flexibility index (Phi) is 3.70. The summed E-state index contributed by atoms with van der Waals surface area (Å²) >= 11 is 0. The lowest BCUT2D eigenvalue weighted by molar-refractivity contribution is -0.123. The van der Waals surface area contributed by atoms with Crippen LogP contribution in [0.1, 0.15) is 12.8 Å². The smallest absolute Gasteiger partial charge is 0.404 e. The number of rotatable bonds is 4. The van der Waals surface area contributed by atoms with E-state index in [4.69, 9.17) is 10.8 Å². The molecule has 2 amide bonds. The standard InChI is InChI=1S/C8H14N2O4/c9-8(13)14-6(4-11)3-5-1-2-10-7(5)12/h5-6,11H,1-4H2,(H2,9,13)(H,10,12)/t5-,6-/m0/s1. The lowest BCUT2D eigenvalue weighted by Gasteiger charge is -2.16. The predicted octanol–water partition coefficient (Wildman–Crippen LogP) is -1.03. The molecule has 0 aliphatic carbocycles. The minimum atomic E-state index is -0.928. The molecule has 1 aliphatic rings. The van der Waals surface area contributed by atoms with Crippen molar-refractivity contribution in [1.29, 1.82) is 0 Å². The summed E-state index contributed by atoms with van der Waals surface area (Å²) < 4.78 is 4.62. The van der Waals surface area contributed by atoms with E-state index in [1.165, 1.54) is 0 Å². The molecule has 0 aromatic heterocycles. The van der Waals surface area contributed by atoms with Crippen LogP contribution in [0.5, 0.6) is 0 Å². The predicted molar refractivity (Wildman–Crippen MR) is 47.3 cm³/mol. The fraction of sp³-hybridized carbons (Fsp3) is 0.750. The largest absolute Gasteiger partial charge is 0.444 e. The SMILES string of the molecule is NC(=O)O[C@H](CO)C[C@@H]1CCNC1=O. The van der Waals surface area contributed by atoms with Gasteiger partial charge in [-0.3, -0.25) is 4.79 Å². The highest BCUT2D eigenvalue weighted by Gasteiger charge is 2.28. The summed E-state index contributed by atoms with van der Waals surface area (Å²) in [5.74, 6) is -0.247. The average molecular weight is 202 g/mol.